The number of likely N-dealkylation sites (tertiary alicyclic amines) is 1. The van der Waals surface area contributed by atoms with Crippen LogP contribution in [0.4, 0.5) is 4.79 Å². The van der Waals surface area contributed by atoms with Gasteiger partial charge in [0, 0.05) is 6.54 Å². The van der Waals surface area contributed by atoms with Crippen LogP contribution in [-0.2, 0) is 0 Å². The monoisotopic (exact) mass is 328 g/mol. The average molecular weight is 328 g/mol. The lowest BCUT2D eigenvalue weighted by Crippen LogP contribution is -2.52. The Kier molecular flexibility index (Phi) is 4.62. The molecule has 3 rings (SSSR count). The Morgan fingerprint density at radius 1 is 1.29 bits per heavy atom. The lowest BCUT2D eigenvalue weighted by atomic mass is 9.97. The van der Waals surface area contributed by atoms with E-state index in [9.17, 15) is 9.90 Å². The first kappa shape index (κ1) is 16.6. The molecule has 1 aromatic heterocycles. The maximum atomic E-state index is 12.8. The number of amides is 2. The molecule has 128 valence electrons. The van der Waals surface area contributed by atoms with E-state index in [-0.39, 0.29) is 18.1 Å². The van der Waals surface area contributed by atoms with Crippen molar-refractivity contribution in [1.29, 1.82) is 0 Å². The normalized spacial score (nSPS) is 19.3. The van der Waals surface area contributed by atoms with Crippen molar-refractivity contribution in [3.05, 3.63) is 60.1 Å². The molecule has 5 nitrogen and oxygen atoms in total. The van der Waals surface area contributed by atoms with Crippen molar-refractivity contribution in [2.75, 3.05) is 6.54 Å². The standard InChI is InChI=1S/C19H24N2O3/c1-19(2,23)16-11-6-12-21(16)18(22)20-17(15-10-7-13-24-15)14-8-4-3-5-9-14/h3-5,7-10,13,16-17,23H,6,11-12H2,1-2H3,(H,20,22)/t16-,17+/m0/s1. The predicted molar refractivity (Wildman–Crippen MR) is 91.6 cm³/mol. The molecule has 24 heavy (non-hydrogen) atoms. The molecule has 1 aliphatic heterocycles. The summed E-state index contributed by atoms with van der Waals surface area (Å²) in [4.78, 5) is 14.6. The topological polar surface area (TPSA) is 65.7 Å². The highest BCUT2D eigenvalue weighted by atomic mass is 16.3. The number of carbonyl (C=O) groups excluding carboxylic acids is 1. The molecule has 0 unspecified atom stereocenters. The summed E-state index contributed by atoms with van der Waals surface area (Å²) in [5.41, 5.74) is 0.0422. The number of aliphatic hydroxyl groups is 1. The molecule has 1 saturated heterocycles. The molecule has 5 heteroatoms. The van der Waals surface area contributed by atoms with Crippen molar-refractivity contribution < 1.29 is 14.3 Å². The third kappa shape index (κ3) is 3.46. The molecule has 0 bridgehead atoms. The molecule has 2 aromatic rings. The van der Waals surface area contributed by atoms with Crippen LogP contribution in [-0.4, -0.2) is 34.2 Å². The Hall–Kier alpha value is -2.27. The SMILES string of the molecule is CC(C)(O)[C@@H]1CCCN1C(=O)N[C@H](c1ccccc1)c1ccco1. The minimum atomic E-state index is -0.916. The lowest BCUT2D eigenvalue weighted by molar-refractivity contribution is 0.00953. The number of hydrogen-bond donors (Lipinski definition) is 2. The highest BCUT2D eigenvalue weighted by Crippen LogP contribution is 2.28. The third-order valence-electron chi connectivity index (χ3n) is 4.56. The molecule has 2 amide bonds. The van der Waals surface area contributed by atoms with E-state index in [2.05, 4.69) is 5.32 Å². The maximum Gasteiger partial charge on any atom is 0.318 e. The van der Waals surface area contributed by atoms with Gasteiger partial charge in [-0.3, -0.25) is 0 Å². The van der Waals surface area contributed by atoms with Gasteiger partial charge in [0.15, 0.2) is 0 Å². The second kappa shape index (κ2) is 6.69. The smallest absolute Gasteiger partial charge is 0.318 e. The maximum absolute atomic E-state index is 12.8. The minimum Gasteiger partial charge on any atom is -0.467 e. The van der Waals surface area contributed by atoms with Crippen LogP contribution in [0.1, 0.15) is 44.1 Å². The predicted octanol–water partition coefficient (Wildman–Crippen LogP) is 3.31. The Labute approximate surface area is 142 Å². The van der Waals surface area contributed by atoms with Crippen LogP contribution in [0.3, 0.4) is 0 Å². The number of hydrogen-bond acceptors (Lipinski definition) is 3. The zero-order chi connectivity index (χ0) is 17.2. The number of rotatable bonds is 4. The quantitative estimate of drug-likeness (QED) is 0.905. The zero-order valence-corrected chi connectivity index (χ0v) is 14.1. The highest BCUT2D eigenvalue weighted by molar-refractivity contribution is 5.76. The van der Waals surface area contributed by atoms with Crippen molar-refractivity contribution in [3.8, 4) is 0 Å². The molecule has 1 aliphatic rings. The third-order valence-corrected chi connectivity index (χ3v) is 4.56. The Morgan fingerprint density at radius 3 is 2.67 bits per heavy atom. The molecule has 2 heterocycles. The summed E-state index contributed by atoms with van der Waals surface area (Å²) in [7, 11) is 0. The molecule has 0 saturated carbocycles. The highest BCUT2D eigenvalue weighted by Gasteiger charge is 2.39. The number of carbonyl (C=O) groups is 1. The van der Waals surface area contributed by atoms with Gasteiger partial charge in [0.1, 0.15) is 11.8 Å². The summed E-state index contributed by atoms with van der Waals surface area (Å²) in [6.07, 6.45) is 3.32. The van der Waals surface area contributed by atoms with E-state index in [0.29, 0.717) is 12.3 Å². The van der Waals surface area contributed by atoms with Crippen molar-refractivity contribution in [1.82, 2.24) is 10.2 Å². The minimum absolute atomic E-state index is 0.175. The van der Waals surface area contributed by atoms with Crippen LogP contribution in [0, 0.1) is 0 Å². The lowest BCUT2D eigenvalue weighted by Gasteiger charge is -2.34. The Balaban J connectivity index is 1.82. The zero-order valence-electron chi connectivity index (χ0n) is 14.1. The van der Waals surface area contributed by atoms with Crippen LogP contribution in [0.25, 0.3) is 0 Å². The van der Waals surface area contributed by atoms with Crippen molar-refractivity contribution in [2.24, 2.45) is 0 Å². The fourth-order valence-electron chi connectivity index (χ4n) is 3.37. The van der Waals surface area contributed by atoms with Gasteiger partial charge in [-0.05, 0) is 44.4 Å². The molecule has 0 radical (unpaired) electrons. The van der Waals surface area contributed by atoms with E-state index in [0.717, 1.165) is 18.4 Å². The molecule has 1 aromatic carbocycles. The molecule has 1 fully saturated rings. The van der Waals surface area contributed by atoms with E-state index < -0.39 is 5.60 Å². The summed E-state index contributed by atoms with van der Waals surface area (Å²) < 4.78 is 5.53. The first-order valence-electron chi connectivity index (χ1n) is 8.34. The van der Waals surface area contributed by atoms with Crippen molar-refractivity contribution >= 4 is 6.03 Å². The molecular weight excluding hydrogens is 304 g/mol. The van der Waals surface area contributed by atoms with E-state index in [1.807, 2.05) is 42.5 Å². The summed E-state index contributed by atoms with van der Waals surface area (Å²) in [6, 6.07) is 12.7. The van der Waals surface area contributed by atoms with Crippen LogP contribution >= 0.6 is 0 Å². The van der Waals surface area contributed by atoms with Gasteiger partial charge < -0.3 is 19.7 Å². The molecule has 0 spiro atoms. The molecular formula is C19H24N2O3. The van der Waals surface area contributed by atoms with E-state index >= 15 is 0 Å². The van der Waals surface area contributed by atoms with Gasteiger partial charge >= 0.3 is 6.03 Å². The van der Waals surface area contributed by atoms with Crippen LogP contribution < -0.4 is 5.32 Å². The van der Waals surface area contributed by atoms with Crippen LogP contribution in [0.5, 0.6) is 0 Å². The number of furan rings is 1. The first-order valence-corrected chi connectivity index (χ1v) is 8.34. The van der Waals surface area contributed by atoms with E-state index in [1.54, 1.807) is 25.0 Å². The molecule has 2 N–H and O–H groups in total. The summed E-state index contributed by atoms with van der Waals surface area (Å²) in [5.74, 6) is 0.688. The summed E-state index contributed by atoms with van der Waals surface area (Å²) in [5, 5.41) is 13.4. The van der Waals surface area contributed by atoms with Crippen molar-refractivity contribution in [3.63, 3.8) is 0 Å². The number of nitrogens with zero attached hydrogens (tertiary/aromatic N) is 1. The first-order chi connectivity index (χ1) is 11.5. The van der Waals surface area contributed by atoms with Crippen molar-refractivity contribution in [2.45, 2.75) is 44.4 Å². The number of urea groups is 1. The Bertz CT molecular complexity index is 662. The van der Waals surface area contributed by atoms with Gasteiger partial charge in [0.2, 0.25) is 0 Å². The Morgan fingerprint density at radius 2 is 2.04 bits per heavy atom. The fourth-order valence-corrected chi connectivity index (χ4v) is 3.37. The summed E-state index contributed by atoms with van der Waals surface area (Å²) in [6.45, 7) is 4.16. The second-order valence-electron chi connectivity index (χ2n) is 6.81. The van der Waals surface area contributed by atoms with Gasteiger partial charge in [-0.2, -0.15) is 0 Å². The summed E-state index contributed by atoms with van der Waals surface area (Å²) >= 11 is 0. The van der Waals surface area contributed by atoms with Gasteiger partial charge in [0.05, 0.1) is 17.9 Å². The average Bonchev–Trinajstić information content (AvgIpc) is 3.23. The number of nitrogens with one attached hydrogen (secondary N) is 1. The molecule has 0 aliphatic carbocycles. The van der Waals surface area contributed by atoms with Crippen LogP contribution in [0.2, 0.25) is 0 Å². The fraction of sp³-hybridized carbons (Fsp3) is 0.421. The second-order valence-corrected chi connectivity index (χ2v) is 6.81. The van der Waals surface area contributed by atoms with Gasteiger partial charge in [-0.25, -0.2) is 4.79 Å². The van der Waals surface area contributed by atoms with E-state index in [1.165, 1.54) is 0 Å². The molecule has 2 atom stereocenters. The van der Waals surface area contributed by atoms with Gasteiger partial charge in [-0.1, -0.05) is 30.3 Å². The van der Waals surface area contributed by atoms with E-state index in [4.69, 9.17) is 4.42 Å². The largest absolute Gasteiger partial charge is 0.467 e. The van der Waals surface area contributed by atoms with Crippen LogP contribution in [0.15, 0.2) is 53.1 Å². The van der Waals surface area contributed by atoms with Gasteiger partial charge in [-0.15, -0.1) is 0 Å². The number of benzene rings is 1. The van der Waals surface area contributed by atoms with Gasteiger partial charge in [0.25, 0.3) is 0 Å².